The van der Waals surface area contributed by atoms with E-state index in [1.165, 1.54) is 44.6 Å². The molecule has 0 bridgehead atoms. The Morgan fingerprint density at radius 2 is 2.00 bits per heavy atom. The van der Waals surface area contributed by atoms with Crippen molar-refractivity contribution in [3.63, 3.8) is 0 Å². The van der Waals surface area contributed by atoms with Gasteiger partial charge in [0.1, 0.15) is 16.3 Å². The minimum atomic E-state index is -0.736. The zero-order valence-electron chi connectivity index (χ0n) is 17.3. The fourth-order valence-corrected chi connectivity index (χ4v) is 4.22. The van der Waals surface area contributed by atoms with Crippen molar-refractivity contribution in [2.45, 2.75) is 6.54 Å². The van der Waals surface area contributed by atoms with E-state index in [-0.39, 0.29) is 43.9 Å². The Labute approximate surface area is 194 Å². The van der Waals surface area contributed by atoms with Gasteiger partial charge < -0.3 is 19.8 Å². The number of hydrogen-bond donors (Lipinski definition) is 2. The summed E-state index contributed by atoms with van der Waals surface area (Å²) >= 11 is 6.63. The quantitative estimate of drug-likeness (QED) is 0.429. The Hall–Kier alpha value is -3.70. The molecule has 0 radical (unpaired) electrons. The summed E-state index contributed by atoms with van der Waals surface area (Å²) in [6.07, 6.45) is 0. The Bertz CT molecular complexity index is 1500. The van der Waals surface area contributed by atoms with Gasteiger partial charge in [-0.1, -0.05) is 17.7 Å². The van der Waals surface area contributed by atoms with E-state index < -0.39 is 23.0 Å². The second kappa shape index (κ2) is 9.04. The number of carbonyl (C=O) groups is 1. The number of carbonyl (C=O) groups excluding carboxylic acids is 1. The number of H-pyrrole nitrogens is 1. The van der Waals surface area contributed by atoms with Gasteiger partial charge in [0, 0.05) is 17.1 Å². The fraction of sp³-hybridized carbons (Fsp3) is 0.143. The van der Waals surface area contributed by atoms with Gasteiger partial charge in [-0.25, -0.2) is 13.8 Å². The van der Waals surface area contributed by atoms with Gasteiger partial charge in [0.2, 0.25) is 0 Å². The van der Waals surface area contributed by atoms with Gasteiger partial charge in [0.15, 0.2) is 5.75 Å². The molecule has 0 aliphatic carbocycles. The molecule has 3 aromatic heterocycles. The number of fused-ring (bicyclic) bond motifs is 1. The van der Waals surface area contributed by atoms with Crippen LogP contribution in [0.15, 0.2) is 46.0 Å². The number of amides is 1. The van der Waals surface area contributed by atoms with Crippen molar-refractivity contribution in [3.8, 4) is 17.4 Å². The maximum absolute atomic E-state index is 13.9. The Kier molecular flexibility index (Phi) is 6.16. The van der Waals surface area contributed by atoms with Crippen molar-refractivity contribution in [1.29, 1.82) is 0 Å². The first-order valence-electron chi connectivity index (χ1n) is 9.42. The van der Waals surface area contributed by atoms with Crippen LogP contribution in [0.5, 0.6) is 11.6 Å². The second-order valence-corrected chi connectivity index (χ2v) is 8.21. The lowest BCUT2D eigenvalue weighted by molar-refractivity contribution is 0.0954. The van der Waals surface area contributed by atoms with Crippen LogP contribution < -0.4 is 26.0 Å². The standard InChI is InChI=1S/C21H16ClFN4O5S/c1-31-14-5-6-16(26-19(14)32-2)27-20(29)17-13(25-21(27)30)8-15(33-17)18(28)24-9-10-3-4-11(22)7-12(10)23/h3-8H,9H2,1-2H3,(H,24,28)(H,25,30). The van der Waals surface area contributed by atoms with Crippen LogP contribution in [-0.4, -0.2) is 34.7 Å². The summed E-state index contributed by atoms with van der Waals surface area (Å²) in [6, 6.07) is 8.48. The number of nitrogens with zero attached hydrogens (tertiary/aromatic N) is 2. The van der Waals surface area contributed by atoms with Gasteiger partial charge >= 0.3 is 5.69 Å². The molecule has 2 N–H and O–H groups in total. The highest BCUT2D eigenvalue weighted by molar-refractivity contribution is 7.20. The average Bonchev–Trinajstić information content (AvgIpc) is 3.22. The van der Waals surface area contributed by atoms with Crippen molar-refractivity contribution < 1.29 is 18.7 Å². The van der Waals surface area contributed by atoms with Gasteiger partial charge in [0.05, 0.1) is 24.6 Å². The molecular weight excluding hydrogens is 475 g/mol. The molecule has 0 unspecified atom stereocenters. The molecule has 12 heteroatoms. The van der Waals surface area contributed by atoms with E-state index in [2.05, 4.69) is 15.3 Å². The number of methoxy groups -OCH3 is 2. The number of thiophene rings is 1. The molecule has 4 rings (SSSR count). The van der Waals surface area contributed by atoms with Crippen LogP contribution in [0.2, 0.25) is 5.02 Å². The molecular formula is C21H16ClFN4O5S. The van der Waals surface area contributed by atoms with Crippen LogP contribution >= 0.6 is 22.9 Å². The summed E-state index contributed by atoms with van der Waals surface area (Å²) in [4.78, 5) is 45.1. The van der Waals surface area contributed by atoms with E-state index >= 15 is 0 Å². The van der Waals surface area contributed by atoms with Crippen LogP contribution in [-0.2, 0) is 6.54 Å². The van der Waals surface area contributed by atoms with E-state index in [9.17, 15) is 18.8 Å². The largest absolute Gasteiger partial charge is 0.491 e. The molecule has 3 heterocycles. The molecule has 0 atom stereocenters. The maximum atomic E-state index is 13.9. The summed E-state index contributed by atoms with van der Waals surface area (Å²) in [5, 5.41) is 2.84. The highest BCUT2D eigenvalue weighted by atomic mass is 35.5. The van der Waals surface area contributed by atoms with Crippen LogP contribution in [0.3, 0.4) is 0 Å². The monoisotopic (exact) mass is 490 g/mol. The molecule has 1 aromatic carbocycles. The molecule has 170 valence electrons. The molecule has 0 saturated heterocycles. The summed E-state index contributed by atoms with van der Waals surface area (Å²) < 4.78 is 25.2. The summed E-state index contributed by atoms with van der Waals surface area (Å²) in [7, 11) is 2.81. The van der Waals surface area contributed by atoms with Gasteiger partial charge in [-0.2, -0.15) is 4.98 Å². The predicted molar refractivity (Wildman–Crippen MR) is 122 cm³/mol. The van der Waals surface area contributed by atoms with Gasteiger partial charge in [-0.05, 0) is 30.3 Å². The number of pyridine rings is 1. The minimum Gasteiger partial charge on any atom is -0.491 e. The van der Waals surface area contributed by atoms with Crippen molar-refractivity contribution in [2.75, 3.05) is 14.2 Å². The zero-order chi connectivity index (χ0) is 23.7. The normalized spacial score (nSPS) is 10.9. The van der Waals surface area contributed by atoms with E-state index in [1.54, 1.807) is 0 Å². The Balaban J connectivity index is 1.67. The summed E-state index contributed by atoms with van der Waals surface area (Å²) in [5.41, 5.74) is -0.930. The predicted octanol–water partition coefficient (Wildman–Crippen LogP) is 2.88. The van der Waals surface area contributed by atoms with Crippen LogP contribution in [0.4, 0.5) is 4.39 Å². The summed E-state index contributed by atoms with van der Waals surface area (Å²) in [6.45, 7) is -0.0770. The van der Waals surface area contributed by atoms with Crippen molar-refractivity contribution in [2.24, 2.45) is 0 Å². The third kappa shape index (κ3) is 4.32. The van der Waals surface area contributed by atoms with Crippen LogP contribution in [0.25, 0.3) is 16.0 Å². The second-order valence-electron chi connectivity index (χ2n) is 6.72. The molecule has 0 spiro atoms. The first-order valence-corrected chi connectivity index (χ1v) is 10.6. The van der Waals surface area contributed by atoms with Crippen molar-refractivity contribution in [1.82, 2.24) is 19.9 Å². The lowest BCUT2D eigenvalue weighted by Crippen LogP contribution is -2.33. The third-order valence-corrected chi connectivity index (χ3v) is 6.06. The van der Waals surface area contributed by atoms with Gasteiger partial charge in [0.25, 0.3) is 17.3 Å². The van der Waals surface area contributed by atoms with Crippen LogP contribution in [0.1, 0.15) is 15.2 Å². The molecule has 33 heavy (non-hydrogen) atoms. The maximum Gasteiger partial charge on any atom is 0.334 e. The van der Waals surface area contributed by atoms with Crippen molar-refractivity contribution >= 4 is 39.1 Å². The first kappa shape index (κ1) is 22.5. The number of benzene rings is 1. The van der Waals surface area contributed by atoms with E-state index in [0.29, 0.717) is 5.75 Å². The summed E-state index contributed by atoms with van der Waals surface area (Å²) in [5.74, 6) is -0.616. The Morgan fingerprint density at radius 3 is 2.70 bits per heavy atom. The molecule has 0 fully saturated rings. The lowest BCUT2D eigenvalue weighted by Gasteiger charge is -2.09. The first-order chi connectivity index (χ1) is 15.8. The number of nitrogens with one attached hydrogen (secondary N) is 2. The van der Waals surface area contributed by atoms with E-state index in [0.717, 1.165) is 22.0 Å². The number of aromatic nitrogens is 3. The van der Waals surface area contributed by atoms with Crippen molar-refractivity contribution in [3.05, 3.63) is 78.5 Å². The molecule has 0 aliphatic rings. The lowest BCUT2D eigenvalue weighted by atomic mass is 10.2. The van der Waals surface area contributed by atoms with E-state index in [4.69, 9.17) is 21.1 Å². The third-order valence-electron chi connectivity index (χ3n) is 4.71. The van der Waals surface area contributed by atoms with Gasteiger partial charge in [-0.15, -0.1) is 11.3 Å². The molecule has 9 nitrogen and oxygen atoms in total. The topological polar surface area (TPSA) is 115 Å². The minimum absolute atomic E-state index is 0.0263. The molecule has 0 saturated carbocycles. The number of halogens is 2. The number of ether oxygens (including phenoxy) is 2. The Morgan fingerprint density at radius 1 is 1.21 bits per heavy atom. The smallest absolute Gasteiger partial charge is 0.334 e. The number of aromatic amines is 1. The van der Waals surface area contributed by atoms with Crippen LogP contribution in [0, 0.1) is 5.82 Å². The zero-order valence-corrected chi connectivity index (χ0v) is 18.8. The number of hydrogen-bond acceptors (Lipinski definition) is 7. The highest BCUT2D eigenvalue weighted by Crippen LogP contribution is 2.25. The molecule has 0 aliphatic heterocycles. The average molecular weight is 491 g/mol. The molecule has 4 aromatic rings. The fourth-order valence-electron chi connectivity index (χ4n) is 3.10. The van der Waals surface area contributed by atoms with Gasteiger partial charge in [-0.3, -0.25) is 9.59 Å². The van der Waals surface area contributed by atoms with E-state index in [1.807, 2.05) is 0 Å². The molecule has 1 amide bonds. The highest BCUT2D eigenvalue weighted by Gasteiger charge is 2.18. The SMILES string of the molecule is COc1ccc(-n2c(=O)[nH]c3cc(C(=O)NCc4ccc(Cl)cc4F)sc3c2=O)nc1OC. The number of rotatable bonds is 6.